The molecule has 1 N–H and O–H groups in total. The molecule has 0 aromatic rings. The summed E-state index contributed by atoms with van der Waals surface area (Å²) in [6, 6.07) is 0. The second-order valence-electron chi connectivity index (χ2n) is 3.02. The van der Waals surface area contributed by atoms with Crippen LogP contribution >= 0.6 is 0 Å². The maximum Gasteiger partial charge on any atom is 0.335 e. The largest absolute Gasteiger partial charge is 0.478 e. The van der Waals surface area contributed by atoms with Crippen molar-refractivity contribution >= 4 is 5.97 Å². The zero-order chi connectivity index (χ0) is 9.19. The van der Waals surface area contributed by atoms with E-state index in [4.69, 9.17) is 9.84 Å². The van der Waals surface area contributed by atoms with E-state index in [0.29, 0.717) is 12.0 Å². The van der Waals surface area contributed by atoms with E-state index in [-0.39, 0.29) is 5.60 Å². The lowest BCUT2D eigenvalue weighted by molar-refractivity contribution is -0.132. The predicted octanol–water partition coefficient (Wildman–Crippen LogP) is 1.36. The Morgan fingerprint density at radius 1 is 1.75 bits per heavy atom. The van der Waals surface area contributed by atoms with Gasteiger partial charge in [-0.3, -0.25) is 0 Å². The lowest BCUT2D eigenvalue weighted by atomic mass is 9.94. The zero-order valence-corrected chi connectivity index (χ0v) is 7.20. The van der Waals surface area contributed by atoms with Gasteiger partial charge in [0.15, 0.2) is 0 Å². The number of rotatable bonds is 2. The molecule has 0 heterocycles. The summed E-state index contributed by atoms with van der Waals surface area (Å²) in [7, 11) is 1.62. The molecular formula is C9H12O3. The van der Waals surface area contributed by atoms with Crippen molar-refractivity contribution in [3.63, 3.8) is 0 Å². The molecule has 66 valence electrons. The molecule has 3 heteroatoms. The van der Waals surface area contributed by atoms with E-state index in [1.807, 2.05) is 6.92 Å². The second-order valence-corrected chi connectivity index (χ2v) is 3.02. The first-order valence-electron chi connectivity index (χ1n) is 3.75. The molecule has 0 bridgehead atoms. The summed E-state index contributed by atoms with van der Waals surface area (Å²) in [5.41, 5.74) is 0.00315. The van der Waals surface area contributed by atoms with Crippen molar-refractivity contribution in [3.05, 3.63) is 23.8 Å². The van der Waals surface area contributed by atoms with E-state index in [9.17, 15) is 4.79 Å². The van der Waals surface area contributed by atoms with Crippen LogP contribution in [-0.2, 0) is 9.53 Å². The maximum atomic E-state index is 10.5. The van der Waals surface area contributed by atoms with Crippen molar-refractivity contribution in [1.82, 2.24) is 0 Å². The van der Waals surface area contributed by atoms with Crippen LogP contribution in [0.25, 0.3) is 0 Å². The molecule has 1 aliphatic carbocycles. The number of hydrogen-bond donors (Lipinski definition) is 1. The molecular weight excluding hydrogens is 156 g/mol. The van der Waals surface area contributed by atoms with Gasteiger partial charge in [-0.15, -0.1) is 0 Å². The highest BCUT2D eigenvalue weighted by Gasteiger charge is 2.22. The van der Waals surface area contributed by atoms with E-state index >= 15 is 0 Å². The lowest BCUT2D eigenvalue weighted by Crippen LogP contribution is -2.25. The third-order valence-electron chi connectivity index (χ3n) is 2.06. The lowest BCUT2D eigenvalue weighted by Gasteiger charge is -2.25. The van der Waals surface area contributed by atoms with Crippen LogP contribution in [-0.4, -0.2) is 23.8 Å². The van der Waals surface area contributed by atoms with Crippen LogP contribution in [0.3, 0.4) is 0 Å². The molecule has 0 aromatic heterocycles. The topological polar surface area (TPSA) is 46.5 Å². The minimum Gasteiger partial charge on any atom is -0.478 e. The van der Waals surface area contributed by atoms with Gasteiger partial charge in [0, 0.05) is 7.11 Å². The average Bonchev–Trinajstić information content (AvgIpc) is 2.05. The Morgan fingerprint density at radius 3 is 2.75 bits per heavy atom. The first-order chi connectivity index (χ1) is 5.57. The highest BCUT2D eigenvalue weighted by atomic mass is 16.5. The van der Waals surface area contributed by atoms with E-state index < -0.39 is 5.97 Å². The van der Waals surface area contributed by atoms with Gasteiger partial charge in [-0.05, 0) is 19.4 Å². The number of carboxylic acids is 1. The quantitative estimate of drug-likeness (QED) is 0.677. The third kappa shape index (κ3) is 1.74. The summed E-state index contributed by atoms with van der Waals surface area (Å²) in [6.07, 6.45) is 5.64. The Morgan fingerprint density at radius 2 is 2.42 bits per heavy atom. The van der Waals surface area contributed by atoms with Crippen LogP contribution < -0.4 is 0 Å². The van der Waals surface area contributed by atoms with Gasteiger partial charge >= 0.3 is 5.97 Å². The molecule has 1 unspecified atom stereocenters. The molecule has 0 radical (unpaired) electrons. The Hall–Kier alpha value is -1.09. The molecule has 0 saturated heterocycles. The summed E-state index contributed by atoms with van der Waals surface area (Å²) in [5.74, 6) is -0.885. The average molecular weight is 168 g/mol. The van der Waals surface area contributed by atoms with E-state index in [2.05, 4.69) is 0 Å². The van der Waals surface area contributed by atoms with Gasteiger partial charge in [-0.25, -0.2) is 4.79 Å². The minimum absolute atomic E-state index is 0.334. The Labute approximate surface area is 71.3 Å². The monoisotopic (exact) mass is 168 g/mol. The van der Waals surface area contributed by atoms with Gasteiger partial charge in [0.05, 0.1) is 11.2 Å². The van der Waals surface area contributed by atoms with Crippen LogP contribution in [0.5, 0.6) is 0 Å². The van der Waals surface area contributed by atoms with Crippen molar-refractivity contribution in [2.24, 2.45) is 0 Å². The van der Waals surface area contributed by atoms with Crippen LogP contribution in [0.2, 0.25) is 0 Å². The Bertz CT molecular complexity index is 252. The highest BCUT2D eigenvalue weighted by molar-refractivity contribution is 5.90. The Balaban J connectivity index is 2.74. The number of carboxylic acid groups (broad SMARTS) is 1. The highest BCUT2D eigenvalue weighted by Crippen LogP contribution is 2.23. The van der Waals surface area contributed by atoms with Gasteiger partial charge < -0.3 is 9.84 Å². The van der Waals surface area contributed by atoms with E-state index in [1.165, 1.54) is 0 Å². The SMILES string of the molecule is COC1(C)C=CC(C(=O)O)=CC1. The van der Waals surface area contributed by atoms with Gasteiger partial charge in [-0.2, -0.15) is 0 Å². The van der Waals surface area contributed by atoms with Gasteiger partial charge in [-0.1, -0.05) is 12.2 Å². The molecule has 0 saturated carbocycles. The number of methoxy groups -OCH3 is 1. The minimum atomic E-state index is -0.885. The number of hydrogen-bond acceptors (Lipinski definition) is 2. The third-order valence-corrected chi connectivity index (χ3v) is 2.06. The summed E-state index contributed by atoms with van der Waals surface area (Å²) in [5, 5.41) is 8.62. The Kier molecular flexibility index (Phi) is 2.33. The van der Waals surface area contributed by atoms with Crippen LogP contribution in [0.1, 0.15) is 13.3 Å². The summed E-state index contributed by atoms with van der Waals surface area (Å²) in [6.45, 7) is 1.92. The number of carbonyl (C=O) groups is 1. The standard InChI is InChI=1S/C9H12O3/c1-9(12-2)5-3-7(4-6-9)8(10)11/h3-5H,6H2,1-2H3,(H,10,11). The first kappa shape index (κ1) is 9.00. The van der Waals surface area contributed by atoms with Crippen LogP contribution in [0.4, 0.5) is 0 Å². The van der Waals surface area contributed by atoms with E-state index in [0.717, 1.165) is 0 Å². The zero-order valence-electron chi connectivity index (χ0n) is 7.20. The fraction of sp³-hybridized carbons (Fsp3) is 0.444. The molecule has 0 aliphatic heterocycles. The first-order valence-corrected chi connectivity index (χ1v) is 3.75. The molecule has 1 rings (SSSR count). The smallest absolute Gasteiger partial charge is 0.335 e. The molecule has 0 fully saturated rings. The summed E-state index contributed by atoms with van der Waals surface area (Å²) in [4.78, 5) is 10.5. The maximum absolute atomic E-state index is 10.5. The van der Waals surface area contributed by atoms with Crippen LogP contribution in [0, 0.1) is 0 Å². The number of aliphatic carboxylic acids is 1. The van der Waals surface area contributed by atoms with Crippen molar-refractivity contribution in [3.8, 4) is 0 Å². The number of ether oxygens (including phenoxy) is 1. The molecule has 1 atom stereocenters. The van der Waals surface area contributed by atoms with Crippen molar-refractivity contribution in [1.29, 1.82) is 0 Å². The molecule has 0 amide bonds. The predicted molar refractivity (Wildman–Crippen MR) is 44.9 cm³/mol. The van der Waals surface area contributed by atoms with Gasteiger partial charge in [0.1, 0.15) is 0 Å². The normalized spacial score (nSPS) is 28.3. The fourth-order valence-electron chi connectivity index (χ4n) is 1.02. The fourth-order valence-corrected chi connectivity index (χ4v) is 1.02. The van der Waals surface area contributed by atoms with Gasteiger partial charge in [0.25, 0.3) is 0 Å². The van der Waals surface area contributed by atoms with Crippen molar-refractivity contribution in [2.75, 3.05) is 7.11 Å². The molecule has 0 spiro atoms. The summed E-state index contributed by atoms with van der Waals surface area (Å²) < 4.78 is 5.18. The van der Waals surface area contributed by atoms with Crippen molar-refractivity contribution in [2.45, 2.75) is 18.9 Å². The molecule has 1 aliphatic rings. The van der Waals surface area contributed by atoms with Crippen LogP contribution in [0.15, 0.2) is 23.8 Å². The summed E-state index contributed by atoms with van der Waals surface area (Å²) >= 11 is 0. The molecule has 3 nitrogen and oxygen atoms in total. The molecule has 12 heavy (non-hydrogen) atoms. The van der Waals surface area contributed by atoms with Gasteiger partial charge in [0.2, 0.25) is 0 Å². The second kappa shape index (κ2) is 3.11. The van der Waals surface area contributed by atoms with Crippen molar-refractivity contribution < 1.29 is 14.6 Å². The molecule has 0 aromatic carbocycles. The van der Waals surface area contributed by atoms with E-state index in [1.54, 1.807) is 25.3 Å².